The second kappa shape index (κ2) is 8.84. The summed E-state index contributed by atoms with van der Waals surface area (Å²) in [5.41, 5.74) is -1.85. The number of hydrogen-bond donors (Lipinski definition) is 1. The van der Waals surface area contributed by atoms with Gasteiger partial charge in [0.2, 0.25) is 0 Å². The Kier molecular flexibility index (Phi) is 10.4. The summed E-state index contributed by atoms with van der Waals surface area (Å²) in [7, 11) is -5.04. The smallest absolute Gasteiger partial charge is 0.545 e. The van der Waals surface area contributed by atoms with Gasteiger partial charge in [-0.2, -0.15) is 8.42 Å². The minimum Gasteiger partial charge on any atom is -0.545 e. The fraction of sp³-hybridized carbons (Fsp3) is 0.200. The first-order chi connectivity index (χ1) is 8.07. The standard InChI is InChI=1S/C10H10O7S.2K/c1-4-3-5(2)7(10(13)14)8(18(15,16)17)6(4)9(11)12;;/h3H,1-2H3,(H,11,12)(H,13,14)(H,15,16,17);;/q;2*+1/p-2. The van der Waals surface area contributed by atoms with Crippen molar-refractivity contribution in [1.82, 2.24) is 0 Å². The molecule has 1 N–H and O–H groups in total. The summed E-state index contributed by atoms with van der Waals surface area (Å²) in [5.74, 6) is -3.80. The van der Waals surface area contributed by atoms with Gasteiger partial charge in [0, 0.05) is 11.1 Å². The predicted octanol–water partition coefficient (Wildman–Crippen LogP) is -7.71. The quantitative estimate of drug-likeness (QED) is 0.422. The molecule has 10 heteroatoms. The maximum Gasteiger partial charge on any atom is 1.00 e. The van der Waals surface area contributed by atoms with Crippen LogP contribution in [0.1, 0.15) is 31.8 Å². The largest absolute Gasteiger partial charge is 1.00 e. The van der Waals surface area contributed by atoms with Crippen molar-refractivity contribution < 1.29 is 136 Å². The first kappa shape index (κ1) is 23.6. The zero-order valence-electron chi connectivity index (χ0n) is 11.4. The number of carbonyl (C=O) groups is 2. The van der Waals surface area contributed by atoms with Crippen LogP contribution in [0.25, 0.3) is 0 Å². The van der Waals surface area contributed by atoms with Crippen molar-refractivity contribution in [2.45, 2.75) is 18.7 Å². The van der Waals surface area contributed by atoms with E-state index >= 15 is 0 Å². The van der Waals surface area contributed by atoms with Gasteiger partial charge in [-0.1, -0.05) is 6.07 Å². The number of carboxylic acids is 2. The normalized spacial score (nSPS) is 10.2. The molecule has 7 nitrogen and oxygen atoms in total. The third-order valence-electron chi connectivity index (χ3n) is 2.34. The Bertz CT molecular complexity index is 614. The van der Waals surface area contributed by atoms with Crippen molar-refractivity contribution in [2.75, 3.05) is 0 Å². The number of carbonyl (C=O) groups excluding carboxylic acids is 2. The van der Waals surface area contributed by atoms with Crippen LogP contribution < -0.4 is 113 Å². The summed E-state index contributed by atoms with van der Waals surface area (Å²) in [6.45, 7) is 2.51. The summed E-state index contributed by atoms with van der Waals surface area (Å²) < 4.78 is 31.3. The van der Waals surface area contributed by atoms with E-state index in [1.54, 1.807) is 0 Å². The van der Waals surface area contributed by atoms with Gasteiger partial charge >= 0.3 is 103 Å². The molecule has 0 spiro atoms. The first-order valence-electron chi connectivity index (χ1n) is 4.61. The second-order valence-electron chi connectivity index (χ2n) is 3.64. The van der Waals surface area contributed by atoms with Crippen LogP contribution in [-0.2, 0) is 10.1 Å². The number of benzene rings is 1. The molecule has 20 heavy (non-hydrogen) atoms. The van der Waals surface area contributed by atoms with Crippen molar-refractivity contribution in [1.29, 1.82) is 0 Å². The molecule has 0 saturated carbocycles. The van der Waals surface area contributed by atoms with Crippen molar-refractivity contribution in [3.8, 4) is 0 Å². The third-order valence-corrected chi connectivity index (χ3v) is 3.27. The zero-order chi connectivity index (χ0) is 14.2. The van der Waals surface area contributed by atoms with E-state index in [2.05, 4.69) is 0 Å². The maximum absolute atomic E-state index is 11.2. The van der Waals surface area contributed by atoms with E-state index in [0.29, 0.717) is 0 Å². The molecule has 98 valence electrons. The van der Waals surface area contributed by atoms with Crippen LogP contribution in [0.15, 0.2) is 11.0 Å². The molecule has 0 heterocycles. The number of rotatable bonds is 3. The molecule has 0 aliphatic carbocycles. The number of aryl methyl sites for hydroxylation is 2. The molecule has 0 saturated heterocycles. The fourth-order valence-electron chi connectivity index (χ4n) is 1.72. The topological polar surface area (TPSA) is 135 Å². The molecule has 0 amide bonds. The Morgan fingerprint density at radius 3 is 1.50 bits per heavy atom. The first-order valence-corrected chi connectivity index (χ1v) is 6.05. The van der Waals surface area contributed by atoms with Gasteiger partial charge in [0.25, 0.3) is 10.1 Å². The van der Waals surface area contributed by atoms with E-state index in [1.165, 1.54) is 13.8 Å². The van der Waals surface area contributed by atoms with Crippen LogP contribution in [0, 0.1) is 13.8 Å². The Balaban J connectivity index is 0. The van der Waals surface area contributed by atoms with E-state index in [0.717, 1.165) is 6.07 Å². The molecule has 1 rings (SSSR count). The summed E-state index contributed by atoms with van der Waals surface area (Å²) in [4.78, 5) is 20.5. The molecule has 0 aliphatic rings. The number of hydrogen-bond acceptors (Lipinski definition) is 6. The minimum atomic E-state index is -5.04. The molecule has 0 radical (unpaired) electrons. The van der Waals surface area contributed by atoms with Gasteiger partial charge in [-0.15, -0.1) is 0 Å². The van der Waals surface area contributed by atoms with Crippen LogP contribution in [0.4, 0.5) is 0 Å². The number of aromatic carboxylic acids is 2. The molecule has 0 fully saturated rings. The van der Waals surface area contributed by atoms with Crippen LogP contribution >= 0.6 is 0 Å². The summed E-state index contributed by atoms with van der Waals surface area (Å²) in [6.07, 6.45) is 0. The van der Waals surface area contributed by atoms with E-state index in [4.69, 9.17) is 4.55 Å². The molecule has 1 aromatic rings. The SMILES string of the molecule is Cc1cc(C)c(C(=O)[O-])c(S(=O)(=O)O)c1C(=O)[O-].[K+].[K+]. The predicted molar refractivity (Wildman–Crippen MR) is 54.4 cm³/mol. The minimum absolute atomic E-state index is 0. The Labute approximate surface area is 200 Å². The zero-order valence-corrected chi connectivity index (χ0v) is 18.4. The molecule has 0 bridgehead atoms. The molecule has 0 aromatic heterocycles. The third kappa shape index (κ3) is 5.21. The van der Waals surface area contributed by atoms with E-state index in [1.807, 2.05) is 0 Å². The Hall–Kier alpha value is 1.34. The van der Waals surface area contributed by atoms with Gasteiger partial charge in [-0.25, -0.2) is 0 Å². The summed E-state index contributed by atoms with van der Waals surface area (Å²) in [6, 6.07) is 1.16. The monoisotopic (exact) mass is 350 g/mol. The Morgan fingerprint density at radius 2 is 1.30 bits per heavy atom. The molecule has 0 aliphatic heterocycles. The summed E-state index contributed by atoms with van der Waals surface area (Å²) >= 11 is 0. The van der Waals surface area contributed by atoms with Gasteiger partial charge in [0.05, 0.1) is 11.9 Å². The average Bonchev–Trinajstić information content (AvgIpc) is 2.13. The van der Waals surface area contributed by atoms with E-state index in [-0.39, 0.29) is 114 Å². The molecule has 1 aromatic carbocycles. The molecule has 0 atom stereocenters. The second-order valence-corrected chi connectivity index (χ2v) is 5.00. The fourth-order valence-corrected chi connectivity index (χ4v) is 2.72. The average molecular weight is 350 g/mol. The van der Waals surface area contributed by atoms with Crippen molar-refractivity contribution in [2.24, 2.45) is 0 Å². The Morgan fingerprint density at radius 1 is 1.00 bits per heavy atom. The van der Waals surface area contributed by atoms with Gasteiger partial charge in [-0.05, 0) is 25.0 Å². The van der Waals surface area contributed by atoms with Crippen molar-refractivity contribution >= 4 is 22.1 Å². The van der Waals surface area contributed by atoms with Crippen molar-refractivity contribution in [3.05, 3.63) is 28.3 Å². The maximum atomic E-state index is 11.2. The van der Waals surface area contributed by atoms with Crippen molar-refractivity contribution in [3.63, 3.8) is 0 Å². The van der Waals surface area contributed by atoms with Gasteiger partial charge < -0.3 is 19.8 Å². The van der Waals surface area contributed by atoms with Gasteiger partial charge in [0.1, 0.15) is 4.90 Å². The summed E-state index contributed by atoms with van der Waals surface area (Å²) in [5, 5.41) is 21.8. The number of carboxylic acid groups (broad SMARTS) is 2. The van der Waals surface area contributed by atoms with Crippen LogP contribution in [-0.4, -0.2) is 24.9 Å². The van der Waals surface area contributed by atoms with Crippen LogP contribution in [0.3, 0.4) is 0 Å². The van der Waals surface area contributed by atoms with Gasteiger partial charge in [0.15, 0.2) is 0 Å². The van der Waals surface area contributed by atoms with E-state index < -0.39 is 38.1 Å². The molecular formula is C10H8K2O7S. The van der Waals surface area contributed by atoms with E-state index in [9.17, 15) is 28.2 Å². The molecule has 0 unspecified atom stereocenters. The van der Waals surface area contributed by atoms with Gasteiger partial charge in [-0.3, -0.25) is 4.55 Å². The molecular weight excluding hydrogens is 342 g/mol. The van der Waals surface area contributed by atoms with Crippen LogP contribution in [0.2, 0.25) is 0 Å². The van der Waals surface area contributed by atoms with Crippen LogP contribution in [0.5, 0.6) is 0 Å².